The highest BCUT2D eigenvalue weighted by Crippen LogP contribution is 2.39. The molecular formula is C31H33N3O6. The van der Waals surface area contributed by atoms with Crippen LogP contribution < -0.4 is 14.8 Å². The molecule has 9 heteroatoms. The van der Waals surface area contributed by atoms with Gasteiger partial charge in [0.2, 0.25) is 5.91 Å². The van der Waals surface area contributed by atoms with Crippen LogP contribution in [0, 0.1) is 0 Å². The summed E-state index contributed by atoms with van der Waals surface area (Å²) >= 11 is 0. The number of nitrogens with zero attached hydrogens (tertiary/aromatic N) is 2. The monoisotopic (exact) mass is 543 g/mol. The van der Waals surface area contributed by atoms with E-state index in [-0.39, 0.29) is 24.3 Å². The van der Waals surface area contributed by atoms with Crippen LogP contribution in [0.5, 0.6) is 11.5 Å². The van der Waals surface area contributed by atoms with Gasteiger partial charge in [-0.1, -0.05) is 30.3 Å². The van der Waals surface area contributed by atoms with Crippen molar-refractivity contribution in [3.05, 3.63) is 95.6 Å². The van der Waals surface area contributed by atoms with E-state index in [2.05, 4.69) is 5.32 Å². The Hall–Kier alpha value is -4.37. The normalized spacial score (nSPS) is 17.9. The summed E-state index contributed by atoms with van der Waals surface area (Å²) in [7, 11) is 3.14. The largest absolute Gasteiger partial charge is 0.497 e. The van der Waals surface area contributed by atoms with Crippen LogP contribution in [0.2, 0.25) is 0 Å². The first-order valence-corrected chi connectivity index (χ1v) is 13.3. The Bertz CT molecular complexity index is 1340. The molecule has 1 unspecified atom stereocenters. The van der Waals surface area contributed by atoms with Crippen molar-refractivity contribution in [2.75, 3.05) is 33.9 Å². The van der Waals surface area contributed by atoms with Crippen LogP contribution in [-0.4, -0.2) is 73.2 Å². The average Bonchev–Trinajstić information content (AvgIpc) is 3.38. The predicted octanol–water partition coefficient (Wildman–Crippen LogP) is 3.49. The van der Waals surface area contributed by atoms with Crippen LogP contribution in [0.25, 0.3) is 0 Å². The van der Waals surface area contributed by atoms with E-state index in [0.717, 1.165) is 5.56 Å². The first kappa shape index (κ1) is 27.2. The number of nitrogens with one attached hydrogen (secondary N) is 1. The number of hydrogen-bond donors (Lipinski definition) is 1. The molecule has 2 fully saturated rings. The molecule has 2 saturated heterocycles. The number of ether oxygens (including phenoxy) is 3. The molecule has 208 valence electrons. The zero-order valence-corrected chi connectivity index (χ0v) is 22.7. The van der Waals surface area contributed by atoms with Gasteiger partial charge in [0.25, 0.3) is 11.8 Å². The van der Waals surface area contributed by atoms with Crippen molar-refractivity contribution >= 4 is 17.7 Å². The number of amides is 3. The van der Waals surface area contributed by atoms with Gasteiger partial charge in [-0.25, -0.2) is 0 Å². The van der Waals surface area contributed by atoms with Crippen molar-refractivity contribution in [2.45, 2.75) is 31.2 Å². The second-order valence-corrected chi connectivity index (χ2v) is 9.90. The Balaban J connectivity index is 1.35. The Morgan fingerprint density at radius 2 is 1.38 bits per heavy atom. The van der Waals surface area contributed by atoms with E-state index in [4.69, 9.17) is 14.2 Å². The van der Waals surface area contributed by atoms with Crippen molar-refractivity contribution in [1.29, 1.82) is 0 Å². The molecule has 1 spiro atoms. The summed E-state index contributed by atoms with van der Waals surface area (Å²) in [5.41, 5.74) is 0.960. The fourth-order valence-corrected chi connectivity index (χ4v) is 5.32. The van der Waals surface area contributed by atoms with E-state index in [1.165, 1.54) is 0 Å². The van der Waals surface area contributed by atoms with E-state index in [1.807, 2.05) is 30.3 Å². The second kappa shape index (κ2) is 11.8. The molecule has 2 aliphatic rings. The van der Waals surface area contributed by atoms with Gasteiger partial charge in [0, 0.05) is 43.6 Å². The number of rotatable bonds is 7. The van der Waals surface area contributed by atoms with Crippen LogP contribution in [0.1, 0.15) is 39.1 Å². The molecule has 3 amide bonds. The van der Waals surface area contributed by atoms with Gasteiger partial charge in [0.15, 0.2) is 0 Å². The molecule has 0 aromatic heterocycles. The number of likely N-dealkylation sites (tertiary alicyclic amines) is 1. The molecule has 0 bridgehead atoms. The van der Waals surface area contributed by atoms with E-state index in [1.54, 1.807) is 72.6 Å². The lowest BCUT2D eigenvalue weighted by molar-refractivity contribution is -0.128. The molecule has 0 radical (unpaired) electrons. The standard InChI is InChI=1S/C31H33N3O6/c1-38-25-12-8-23(9-13-25)29(36)33-18-16-31(17-19-33)34(30(37)24-10-14-26(39-2)15-11-24)27(21-40-31)28(35)32-20-22-6-4-3-5-7-22/h3-15,27H,16-21H2,1-2H3,(H,32,35). The van der Waals surface area contributed by atoms with Crippen molar-refractivity contribution in [3.8, 4) is 11.5 Å². The SMILES string of the molecule is COc1ccc(C(=O)N2CCC3(CC2)OCC(C(=O)NCc2ccccc2)N3C(=O)c2ccc(OC)cc2)cc1. The first-order valence-electron chi connectivity index (χ1n) is 13.3. The van der Waals surface area contributed by atoms with E-state index < -0.39 is 11.8 Å². The first-order chi connectivity index (χ1) is 19.4. The number of hydrogen-bond acceptors (Lipinski definition) is 6. The average molecular weight is 544 g/mol. The molecule has 2 aliphatic heterocycles. The van der Waals surface area contributed by atoms with Crippen LogP contribution in [-0.2, 0) is 16.1 Å². The summed E-state index contributed by atoms with van der Waals surface area (Å²) in [5.74, 6) is 0.638. The Morgan fingerprint density at radius 1 is 0.825 bits per heavy atom. The maximum absolute atomic E-state index is 13.9. The molecule has 2 heterocycles. The van der Waals surface area contributed by atoms with E-state index in [0.29, 0.717) is 55.1 Å². The zero-order valence-electron chi connectivity index (χ0n) is 22.7. The molecule has 0 aliphatic carbocycles. The smallest absolute Gasteiger partial charge is 0.256 e. The molecule has 0 saturated carbocycles. The summed E-state index contributed by atoms with van der Waals surface area (Å²) in [6.45, 7) is 1.19. The van der Waals surface area contributed by atoms with Crippen LogP contribution in [0.4, 0.5) is 0 Å². The van der Waals surface area contributed by atoms with Gasteiger partial charge in [-0.05, 0) is 54.1 Å². The fourth-order valence-electron chi connectivity index (χ4n) is 5.32. The van der Waals surface area contributed by atoms with Crippen molar-refractivity contribution in [3.63, 3.8) is 0 Å². The lowest BCUT2D eigenvalue weighted by Gasteiger charge is -2.44. The van der Waals surface area contributed by atoms with Crippen LogP contribution in [0.3, 0.4) is 0 Å². The summed E-state index contributed by atoms with van der Waals surface area (Å²) < 4.78 is 16.7. The van der Waals surface area contributed by atoms with Gasteiger partial charge in [-0.3, -0.25) is 19.3 Å². The molecule has 40 heavy (non-hydrogen) atoms. The van der Waals surface area contributed by atoms with Crippen molar-refractivity contribution < 1.29 is 28.6 Å². The van der Waals surface area contributed by atoms with Gasteiger partial charge in [-0.2, -0.15) is 0 Å². The molecule has 1 atom stereocenters. The third-order valence-corrected chi connectivity index (χ3v) is 7.60. The molecule has 5 rings (SSSR count). The zero-order chi connectivity index (χ0) is 28.1. The minimum Gasteiger partial charge on any atom is -0.497 e. The van der Waals surface area contributed by atoms with Crippen molar-refractivity contribution in [2.24, 2.45) is 0 Å². The quantitative estimate of drug-likeness (QED) is 0.490. The summed E-state index contributed by atoms with van der Waals surface area (Å²) in [4.78, 5) is 43.9. The van der Waals surface area contributed by atoms with Gasteiger partial charge in [0.1, 0.15) is 23.3 Å². The topological polar surface area (TPSA) is 97.4 Å². The molecule has 9 nitrogen and oxygen atoms in total. The van der Waals surface area contributed by atoms with Crippen LogP contribution >= 0.6 is 0 Å². The fraction of sp³-hybridized carbons (Fsp3) is 0.323. The number of carbonyl (C=O) groups excluding carboxylic acids is 3. The van der Waals surface area contributed by atoms with Crippen LogP contribution in [0.15, 0.2) is 78.9 Å². The summed E-state index contributed by atoms with van der Waals surface area (Å²) in [6, 6.07) is 22.6. The predicted molar refractivity (Wildman–Crippen MR) is 148 cm³/mol. The summed E-state index contributed by atoms with van der Waals surface area (Å²) in [6.07, 6.45) is 0.776. The highest BCUT2D eigenvalue weighted by atomic mass is 16.5. The third kappa shape index (κ3) is 5.51. The highest BCUT2D eigenvalue weighted by Gasteiger charge is 2.54. The summed E-state index contributed by atoms with van der Waals surface area (Å²) in [5, 5.41) is 2.97. The second-order valence-electron chi connectivity index (χ2n) is 9.90. The van der Waals surface area contributed by atoms with Gasteiger partial charge in [0.05, 0.1) is 20.8 Å². The number of carbonyl (C=O) groups is 3. The minimum atomic E-state index is -0.998. The Kier molecular flexibility index (Phi) is 8.02. The van der Waals surface area contributed by atoms with E-state index >= 15 is 0 Å². The Morgan fingerprint density at radius 3 is 1.93 bits per heavy atom. The third-order valence-electron chi connectivity index (χ3n) is 7.60. The molecule has 3 aromatic carbocycles. The minimum absolute atomic E-state index is 0.0783. The molecule has 3 aromatic rings. The van der Waals surface area contributed by atoms with Gasteiger partial charge < -0.3 is 24.4 Å². The highest BCUT2D eigenvalue weighted by molar-refractivity contribution is 5.99. The lowest BCUT2D eigenvalue weighted by Crippen LogP contribution is -2.59. The maximum atomic E-state index is 13.9. The van der Waals surface area contributed by atoms with Crippen molar-refractivity contribution in [1.82, 2.24) is 15.1 Å². The maximum Gasteiger partial charge on any atom is 0.256 e. The molecular weight excluding hydrogens is 510 g/mol. The number of benzene rings is 3. The van der Waals surface area contributed by atoms with Gasteiger partial charge in [-0.15, -0.1) is 0 Å². The lowest BCUT2D eigenvalue weighted by atomic mass is 9.96. The number of piperidine rings is 1. The number of methoxy groups -OCH3 is 2. The molecule has 1 N–H and O–H groups in total. The Labute approximate surface area is 233 Å². The van der Waals surface area contributed by atoms with Gasteiger partial charge >= 0.3 is 0 Å². The van der Waals surface area contributed by atoms with E-state index in [9.17, 15) is 14.4 Å².